The monoisotopic (exact) mass is 289 g/mol. The Bertz CT molecular complexity index is 517. The zero-order chi connectivity index (χ0) is 15.2. The molecule has 0 amide bonds. The average molecular weight is 289 g/mol. The zero-order valence-electron chi connectivity index (χ0n) is 12.1. The first-order chi connectivity index (χ1) is 10.2. The van der Waals surface area contributed by atoms with Crippen LogP contribution in [0.5, 0.6) is 0 Å². The van der Waals surface area contributed by atoms with Gasteiger partial charge in [-0.15, -0.1) is 0 Å². The van der Waals surface area contributed by atoms with Crippen molar-refractivity contribution in [2.45, 2.75) is 25.8 Å². The van der Waals surface area contributed by atoms with Crippen molar-refractivity contribution in [3.8, 4) is 6.07 Å². The van der Waals surface area contributed by atoms with Crippen molar-refractivity contribution in [2.75, 3.05) is 31.1 Å². The average Bonchev–Trinajstić information content (AvgIpc) is 2.53. The summed E-state index contributed by atoms with van der Waals surface area (Å²) in [7, 11) is 0. The first-order valence-corrected chi connectivity index (χ1v) is 7.14. The lowest BCUT2D eigenvalue weighted by molar-refractivity contribution is -0.389. The van der Waals surface area contributed by atoms with E-state index in [1.54, 1.807) is 12.3 Å². The fraction of sp³-hybridized carbons (Fsp3) is 0.571. The largest absolute Gasteiger partial charge is 0.366 e. The lowest BCUT2D eigenvalue weighted by Gasteiger charge is -2.37. The molecule has 0 spiro atoms. The quantitative estimate of drug-likeness (QED) is 0.607. The third-order valence-electron chi connectivity index (χ3n) is 3.75. The van der Waals surface area contributed by atoms with Gasteiger partial charge >= 0.3 is 5.82 Å². The summed E-state index contributed by atoms with van der Waals surface area (Å²) in [5, 5.41) is 19.8. The van der Waals surface area contributed by atoms with Gasteiger partial charge in [-0.1, -0.05) is 13.3 Å². The second-order valence-corrected chi connectivity index (χ2v) is 5.09. The summed E-state index contributed by atoms with van der Waals surface area (Å²) in [4.78, 5) is 18.3. The van der Waals surface area contributed by atoms with E-state index in [1.165, 1.54) is 6.07 Å². The second-order valence-electron chi connectivity index (χ2n) is 5.09. The predicted molar refractivity (Wildman–Crippen MR) is 79.0 cm³/mol. The molecule has 1 aromatic rings. The van der Waals surface area contributed by atoms with Gasteiger partial charge in [-0.2, -0.15) is 5.26 Å². The smallest absolute Gasteiger partial charge is 0.363 e. The van der Waals surface area contributed by atoms with Crippen LogP contribution in [0, 0.1) is 21.4 Å². The van der Waals surface area contributed by atoms with Crippen molar-refractivity contribution in [3.63, 3.8) is 0 Å². The Morgan fingerprint density at radius 1 is 1.43 bits per heavy atom. The molecule has 1 aliphatic rings. The molecule has 0 aromatic carbocycles. The third kappa shape index (κ3) is 3.67. The normalized spacial score (nSPS) is 17.2. The zero-order valence-corrected chi connectivity index (χ0v) is 12.1. The summed E-state index contributed by atoms with van der Waals surface area (Å²) in [6.45, 7) is 5.36. The van der Waals surface area contributed by atoms with Crippen molar-refractivity contribution >= 4 is 11.5 Å². The van der Waals surface area contributed by atoms with E-state index in [9.17, 15) is 15.4 Å². The highest BCUT2D eigenvalue weighted by atomic mass is 16.6. The molecule has 1 unspecified atom stereocenters. The molecule has 1 saturated heterocycles. The molecule has 1 aromatic heterocycles. The minimum absolute atomic E-state index is 0.00728. The summed E-state index contributed by atoms with van der Waals surface area (Å²) >= 11 is 0. The number of nitro groups is 1. The summed E-state index contributed by atoms with van der Waals surface area (Å²) in [5.41, 5.74) is 0.893. The summed E-state index contributed by atoms with van der Waals surface area (Å²) in [6.07, 6.45) is 3.45. The maximum absolute atomic E-state index is 10.6. The third-order valence-corrected chi connectivity index (χ3v) is 3.75. The Hall–Kier alpha value is -2.20. The number of hydrogen-bond donors (Lipinski definition) is 0. The Labute approximate surface area is 123 Å². The lowest BCUT2D eigenvalue weighted by Crippen LogP contribution is -2.50. The van der Waals surface area contributed by atoms with Gasteiger partial charge in [0.25, 0.3) is 0 Å². The molecule has 0 saturated carbocycles. The van der Waals surface area contributed by atoms with Crippen LogP contribution in [0.2, 0.25) is 0 Å². The summed E-state index contributed by atoms with van der Waals surface area (Å²) < 4.78 is 0. The highest BCUT2D eigenvalue weighted by molar-refractivity contribution is 5.47. The predicted octanol–water partition coefficient (Wildman–Crippen LogP) is 1.80. The van der Waals surface area contributed by atoms with Gasteiger partial charge in [0, 0.05) is 32.2 Å². The number of anilines is 1. The first kappa shape index (κ1) is 15.2. The lowest BCUT2D eigenvalue weighted by atomic mass is 10.1. The highest BCUT2D eigenvalue weighted by Gasteiger charge is 2.24. The Morgan fingerprint density at radius 3 is 2.62 bits per heavy atom. The maximum atomic E-state index is 10.6. The Morgan fingerprint density at radius 2 is 2.14 bits per heavy atom. The molecule has 112 valence electrons. The minimum atomic E-state index is -0.496. The van der Waals surface area contributed by atoms with Crippen molar-refractivity contribution < 1.29 is 4.92 Å². The molecule has 7 heteroatoms. The molecule has 0 bridgehead atoms. The molecule has 0 N–H and O–H groups in total. The molecule has 0 radical (unpaired) electrons. The van der Waals surface area contributed by atoms with Gasteiger partial charge in [-0.25, -0.2) is 0 Å². The molecule has 7 nitrogen and oxygen atoms in total. The fourth-order valence-corrected chi connectivity index (χ4v) is 2.57. The number of piperazine rings is 1. The van der Waals surface area contributed by atoms with Crippen molar-refractivity contribution in [2.24, 2.45) is 0 Å². The van der Waals surface area contributed by atoms with Gasteiger partial charge in [0.1, 0.15) is 0 Å². The molecule has 2 heterocycles. The van der Waals surface area contributed by atoms with Crippen LogP contribution in [0.4, 0.5) is 11.5 Å². The number of hydrogen-bond acceptors (Lipinski definition) is 6. The SMILES string of the molecule is CCCC(C#N)N1CCN(c2ccc([N+](=O)[O-])nc2)CC1. The van der Waals surface area contributed by atoms with Crippen LogP contribution in [0.25, 0.3) is 0 Å². The molecule has 0 aliphatic carbocycles. The van der Waals surface area contributed by atoms with Crippen LogP contribution >= 0.6 is 0 Å². The van der Waals surface area contributed by atoms with Crippen LogP contribution in [-0.4, -0.2) is 47.0 Å². The van der Waals surface area contributed by atoms with Crippen molar-refractivity contribution in [1.82, 2.24) is 9.88 Å². The number of nitriles is 1. The van der Waals surface area contributed by atoms with Gasteiger partial charge in [-0.05, 0) is 22.4 Å². The highest BCUT2D eigenvalue weighted by Crippen LogP contribution is 2.19. The Balaban J connectivity index is 1.94. The fourth-order valence-electron chi connectivity index (χ4n) is 2.57. The molecule has 1 atom stereocenters. The van der Waals surface area contributed by atoms with Gasteiger partial charge in [0.2, 0.25) is 0 Å². The van der Waals surface area contributed by atoms with E-state index in [4.69, 9.17) is 0 Å². The van der Waals surface area contributed by atoms with Crippen LogP contribution in [0.3, 0.4) is 0 Å². The van der Waals surface area contributed by atoms with Crippen LogP contribution in [0.15, 0.2) is 18.3 Å². The first-order valence-electron chi connectivity index (χ1n) is 7.14. The topological polar surface area (TPSA) is 86.3 Å². The van der Waals surface area contributed by atoms with E-state index in [1.807, 2.05) is 0 Å². The van der Waals surface area contributed by atoms with E-state index in [2.05, 4.69) is 27.8 Å². The van der Waals surface area contributed by atoms with E-state index in [0.717, 1.165) is 44.7 Å². The molecule has 1 fully saturated rings. The van der Waals surface area contributed by atoms with Crippen molar-refractivity contribution in [1.29, 1.82) is 5.26 Å². The van der Waals surface area contributed by atoms with Gasteiger partial charge in [0.05, 0.1) is 17.8 Å². The standard InChI is InChI=1S/C14H19N5O2/c1-2-3-12(10-15)17-6-8-18(9-7-17)13-4-5-14(16-11-13)19(20)21/h4-5,11-12H,2-3,6-9H2,1H3. The van der Waals surface area contributed by atoms with E-state index < -0.39 is 4.92 Å². The molecule has 21 heavy (non-hydrogen) atoms. The van der Waals surface area contributed by atoms with Gasteiger partial charge in [-0.3, -0.25) is 4.90 Å². The van der Waals surface area contributed by atoms with Crippen LogP contribution in [-0.2, 0) is 0 Å². The number of rotatable bonds is 5. The van der Waals surface area contributed by atoms with Gasteiger partial charge < -0.3 is 15.0 Å². The number of pyridine rings is 1. The van der Waals surface area contributed by atoms with E-state index >= 15 is 0 Å². The second kappa shape index (κ2) is 6.99. The molecular weight excluding hydrogens is 270 g/mol. The van der Waals surface area contributed by atoms with Crippen molar-refractivity contribution in [3.05, 3.63) is 28.4 Å². The van der Waals surface area contributed by atoms with E-state index in [-0.39, 0.29) is 11.9 Å². The molecule has 2 rings (SSSR count). The maximum Gasteiger partial charge on any atom is 0.363 e. The molecule has 1 aliphatic heterocycles. The number of nitrogens with zero attached hydrogens (tertiary/aromatic N) is 5. The minimum Gasteiger partial charge on any atom is -0.366 e. The summed E-state index contributed by atoms with van der Waals surface area (Å²) in [6, 6.07) is 5.52. The van der Waals surface area contributed by atoms with Crippen LogP contribution in [0.1, 0.15) is 19.8 Å². The van der Waals surface area contributed by atoms with E-state index in [0.29, 0.717) is 0 Å². The van der Waals surface area contributed by atoms with Gasteiger partial charge in [0.15, 0.2) is 6.20 Å². The van der Waals surface area contributed by atoms with Crippen LogP contribution < -0.4 is 4.90 Å². The summed E-state index contributed by atoms with van der Waals surface area (Å²) in [5.74, 6) is -0.134. The number of aromatic nitrogens is 1. The Kier molecular flexibility index (Phi) is 5.06. The molecular formula is C14H19N5O2.